The average molecular weight is 454 g/mol. The lowest BCUT2D eigenvalue weighted by molar-refractivity contribution is 0.0600. The lowest BCUT2D eigenvalue weighted by Gasteiger charge is -2.13. The highest BCUT2D eigenvalue weighted by molar-refractivity contribution is 9.10. The molecule has 6 heteroatoms. The van der Waals surface area contributed by atoms with E-state index in [0.717, 1.165) is 26.8 Å². The van der Waals surface area contributed by atoms with Crippen molar-refractivity contribution in [1.29, 1.82) is 0 Å². The Morgan fingerprint density at radius 2 is 1.72 bits per heavy atom. The lowest BCUT2D eigenvalue weighted by atomic mass is 10.1. The van der Waals surface area contributed by atoms with Crippen LogP contribution in [-0.2, 0) is 4.74 Å². The zero-order chi connectivity index (χ0) is 20.5. The fourth-order valence-corrected chi connectivity index (χ4v) is 3.75. The number of ether oxygens (including phenoxy) is 2. The molecule has 0 fully saturated rings. The number of fused-ring (bicyclic) bond motifs is 1. The van der Waals surface area contributed by atoms with E-state index in [2.05, 4.69) is 15.9 Å². The second-order valence-corrected chi connectivity index (χ2v) is 7.37. The van der Waals surface area contributed by atoms with E-state index in [9.17, 15) is 9.18 Å². The smallest absolute Gasteiger partial charge is 0.337 e. The maximum Gasteiger partial charge on any atom is 0.337 e. The highest BCUT2D eigenvalue weighted by atomic mass is 79.9. The first-order valence-electron chi connectivity index (χ1n) is 8.85. The Hall–Kier alpha value is -3.12. The van der Waals surface area contributed by atoms with Crippen molar-refractivity contribution in [2.45, 2.75) is 0 Å². The minimum absolute atomic E-state index is 0.196. The summed E-state index contributed by atoms with van der Waals surface area (Å²) in [6, 6.07) is 20.0. The molecule has 146 valence electrons. The number of hydrogen-bond donors (Lipinski definition) is 0. The molecule has 0 aliphatic heterocycles. The molecule has 29 heavy (non-hydrogen) atoms. The number of halogens is 2. The van der Waals surface area contributed by atoms with E-state index in [-0.39, 0.29) is 5.75 Å². The van der Waals surface area contributed by atoms with Crippen LogP contribution >= 0.6 is 15.9 Å². The molecule has 0 aliphatic carbocycles. The van der Waals surface area contributed by atoms with Gasteiger partial charge in [0.2, 0.25) is 0 Å². The van der Waals surface area contributed by atoms with Gasteiger partial charge in [0.15, 0.2) is 11.6 Å². The summed E-state index contributed by atoms with van der Waals surface area (Å²) in [6.45, 7) is 0. The molecular weight excluding hydrogens is 437 g/mol. The number of carbonyl (C=O) groups is 1. The Kier molecular flexibility index (Phi) is 5.11. The summed E-state index contributed by atoms with van der Waals surface area (Å²) in [4.78, 5) is 11.8. The minimum Gasteiger partial charge on any atom is -0.494 e. The highest BCUT2D eigenvalue weighted by Gasteiger charge is 2.15. The first-order valence-corrected chi connectivity index (χ1v) is 9.65. The number of carbonyl (C=O) groups excluding carboxylic acids is 1. The van der Waals surface area contributed by atoms with E-state index >= 15 is 0 Å². The van der Waals surface area contributed by atoms with Crippen molar-refractivity contribution >= 4 is 32.8 Å². The summed E-state index contributed by atoms with van der Waals surface area (Å²) in [6.07, 6.45) is 0. The molecule has 0 N–H and O–H groups in total. The van der Waals surface area contributed by atoms with Gasteiger partial charge in [0.05, 0.1) is 31.0 Å². The quantitative estimate of drug-likeness (QED) is 0.356. The number of benzene rings is 3. The third-order valence-corrected chi connectivity index (χ3v) is 5.25. The van der Waals surface area contributed by atoms with Gasteiger partial charge in [-0.15, -0.1) is 0 Å². The van der Waals surface area contributed by atoms with Gasteiger partial charge in [0.1, 0.15) is 0 Å². The monoisotopic (exact) mass is 453 g/mol. The molecule has 0 radical (unpaired) electrons. The fourth-order valence-electron chi connectivity index (χ4n) is 3.37. The van der Waals surface area contributed by atoms with Gasteiger partial charge in [-0.25, -0.2) is 9.18 Å². The van der Waals surface area contributed by atoms with Crippen LogP contribution in [-0.4, -0.2) is 24.8 Å². The molecule has 0 aliphatic rings. The van der Waals surface area contributed by atoms with Gasteiger partial charge < -0.3 is 14.0 Å². The highest BCUT2D eigenvalue weighted by Crippen LogP contribution is 2.34. The van der Waals surface area contributed by atoms with Crippen molar-refractivity contribution in [2.24, 2.45) is 0 Å². The van der Waals surface area contributed by atoms with E-state index in [0.29, 0.717) is 11.1 Å². The Labute approximate surface area is 175 Å². The molecule has 0 unspecified atom stereocenters. The van der Waals surface area contributed by atoms with E-state index in [1.54, 1.807) is 18.2 Å². The molecule has 0 saturated carbocycles. The zero-order valence-corrected chi connectivity index (χ0v) is 17.4. The molecule has 0 amide bonds. The Bertz CT molecular complexity index is 1220. The van der Waals surface area contributed by atoms with Gasteiger partial charge >= 0.3 is 5.97 Å². The second kappa shape index (κ2) is 7.72. The van der Waals surface area contributed by atoms with Gasteiger partial charge in [-0.3, -0.25) is 0 Å². The Balaban J connectivity index is 1.93. The van der Waals surface area contributed by atoms with Gasteiger partial charge in [0, 0.05) is 21.1 Å². The summed E-state index contributed by atoms with van der Waals surface area (Å²) < 4.78 is 27.2. The summed E-state index contributed by atoms with van der Waals surface area (Å²) >= 11 is 3.51. The maximum atomic E-state index is 14.4. The van der Waals surface area contributed by atoms with Crippen molar-refractivity contribution in [3.63, 3.8) is 0 Å². The number of esters is 1. The summed E-state index contributed by atoms with van der Waals surface area (Å²) in [5, 5.41) is 1.00. The summed E-state index contributed by atoms with van der Waals surface area (Å²) in [7, 11) is 2.79. The number of methoxy groups -OCH3 is 2. The molecular formula is C23H17BrFNO3. The van der Waals surface area contributed by atoms with Crippen LogP contribution in [0.15, 0.2) is 71.2 Å². The molecule has 0 bridgehead atoms. The molecule has 0 spiro atoms. The number of nitrogens with zero attached hydrogens (tertiary/aromatic N) is 1. The maximum absolute atomic E-state index is 14.4. The minimum atomic E-state index is -0.427. The van der Waals surface area contributed by atoms with Gasteiger partial charge in [-0.1, -0.05) is 15.9 Å². The predicted molar refractivity (Wildman–Crippen MR) is 114 cm³/mol. The second-order valence-electron chi connectivity index (χ2n) is 6.46. The topological polar surface area (TPSA) is 40.5 Å². The largest absolute Gasteiger partial charge is 0.494 e. The van der Waals surface area contributed by atoms with Crippen LogP contribution in [0.3, 0.4) is 0 Å². The van der Waals surface area contributed by atoms with Crippen LogP contribution in [0, 0.1) is 5.82 Å². The van der Waals surface area contributed by atoms with Crippen LogP contribution in [0.4, 0.5) is 4.39 Å². The molecule has 3 aromatic carbocycles. The number of hydrogen-bond acceptors (Lipinski definition) is 3. The fraction of sp³-hybridized carbons (Fsp3) is 0.0870. The lowest BCUT2D eigenvalue weighted by Crippen LogP contribution is -2.02. The van der Waals surface area contributed by atoms with Crippen molar-refractivity contribution in [3.8, 4) is 22.7 Å². The van der Waals surface area contributed by atoms with Crippen molar-refractivity contribution in [3.05, 3.63) is 82.6 Å². The molecule has 0 saturated heterocycles. The third-order valence-electron chi connectivity index (χ3n) is 4.76. The summed E-state index contributed by atoms with van der Waals surface area (Å²) in [5.41, 5.74) is 3.82. The molecule has 4 aromatic rings. The molecule has 1 aromatic heterocycles. The van der Waals surface area contributed by atoms with Crippen molar-refractivity contribution in [2.75, 3.05) is 14.2 Å². The van der Waals surface area contributed by atoms with Crippen LogP contribution in [0.1, 0.15) is 10.4 Å². The Morgan fingerprint density at radius 3 is 2.38 bits per heavy atom. The first kappa shape index (κ1) is 19.2. The van der Waals surface area contributed by atoms with Gasteiger partial charge in [0.25, 0.3) is 0 Å². The number of rotatable bonds is 4. The van der Waals surface area contributed by atoms with E-state index in [4.69, 9.17) is 9.47 Å². The predicted octanol–water partition coefficient (Wildman–Crippen LogP) is 5.99. The van der Waals surface area contributed by atoms with E-state index < -0.39 is 11.8 Å². The van der Waals surface area contributed by atoms with E-state index in [1.165, 1.54) is 20.3 Å². The SMILES string of the molecule is COC(=O)c1ccc(-n2c(-c3ccc(OC)c(F)c3)cc3cc(Br)ccc32)cc1. The van der Waals surface area contributed by atoms with Crippen LogP contribution in [0.5, 0.6) is 5.75 Å². The normalized spacial score (nSPS) is 10.9. The summed E-state index contributed by atoms with van der Waals surface area (Å²) in [5.74, 6) is -0.624. The molecule has 4 nitrogen and oxygen atoms in total. The van der Waals surface area contributed by atoms with E-state index in [1.807, 2.05) is 47.0 Å². The van der Waals surface area contributed by atoms with Crippen molar-refractivity contribution in [1.82, 2.24) is 4.57 Å². The standard InChI is InChI=1S/C23H17BrFNO3/c1-28-22-10-5-15(12-19(22)25)21-13-16-11-17(24)6-9-20(16)26(21)18-7-3-14(4-8-18)23(27)29-2/h3-13H,1-2H3. The average Bonchev–Trinajstić information content (AvgIpc) is 3.11. The number of aromatic nitrogens is 1. The van der Waals surface area contributed by atoms with Crippen LogP contribution < -0.4 is 4.74 Å². The molecule has 4 rings (SSSR count). The molecule has 1 heterocycles. The first-order chi connectivity index (χ1) is 14.0. The molecule has 0 atom stereocenters. The van der Waals surface area contributed by atoms with Crippen molar-refractivity contribution < 1.29 is 18.7 Å². The Morgan fingerprint density at radius 1 is 0.966 bits per heavy atom. The van der Waals surface area contributed by atoms with Crippen LogP contribution in [0.2, 0.25) is 0 Å². The van der Waals surface area contributed by atoms with Gasteiger partial charge in [-0.05, 0) is 66.7 Å². The third kappa shape index (κ3) is 3.51. The zero-order valence-electron chi connectivity index (χ0n) is 15.8. The van der Waals surface area contributed by atoms with Crippen LogP contribution in [0.25, 0.3) is 27.8 Å². The van der Waals surface area contributed by atoms with Gasteiger partial charge in [-0.2, -0.15) is 0 Å².